The molecule has 154 valence electrons. The third kappa shape index (κ3) is 3.25. The lowest BCUT2D eigenvalue weighted by molar-refractivity contribution is -0.137. The Bertz CT molecular complexity index is 934. The maximum Gasteiger partial charge on any atom is 0.328 e. The predicted octanol–water partition coefficient (Wildman–Crippen LogP) is 2.58. The zero-order valence-electron chi connectivity index (χ0n) is 16.3. The number of hydrogen-bond donors (Lipinski definition) is 0. The topological polar surface area (TPSA) is 68.7 Å². The predicted molar refractivity (Wildman–Crippen MR) is 109 cm³/mol. The van der Waals surface area contributed by atoms with E-state index in [9.17, 15) is 9.59 Å². The second kappa shape index (κ2) is 7.51. The molecule has 0 saturated carbocycles. The summed E-state index contributed by atoms with van der Waals surface area (Å²) < 4.78 is 5.18. The van der Waals surface area contributed by atoms with Crippen LogP contribution in [0.15, 0.2) is 35.1 Å². The van der Waals surface area contributed by atoms with E-state index >= 15 is 0 Å². The number of likely N-dealkylation sites (N-methyl/N-ethyl adjacent to an activating group) is 1. The smallest absolute Gasteiger partial charge is 0.328 e. The molecule has 29 heavy (non-hydrogen) atoms. The number of halogens is 2. The number of guanidine groups is 1. The molecule has 1 aromatic carbocycles. The van der Waals surface area contributed by atoms with Crippen LogP contribution in [0.5, 0.6) is 0 Å². The minimum Gasteiger partial charge on any atom is -0.383 e. The van der Waals surface area contributed by atoms with Gasteiger partial charge in [0.25, 0.3) is 5.91 Å². The van der Waals surface area contributed by atoms with Gasteiger partial charge in [0.1, 0.15) is 0 Å². The average molecular weight is 438 g/mol. The first-order valence-corrected chi connectivity index (χ1v) is 9.92. The monoisotopic (exact) mass is 437 g/mol. The van der Waals surface area contributed by atoms with Crippen molar-refractivity contribution in [3.8, 4) is 0 Å². The van der Waals surface area contributed by atoms with Gasteiger partial charge in [-0.15, -0.1) is 0 Å². The van der Waals surface area contributed by atoms with Crippen LogP contribution in [-0.2, 0) is 16.1 Å². The Balaban J connectivity index is 1.62. The first kappa shape index (κ1) is 20.0. The standard InChI is InChI=1S/C19H21Cl2N5O3/c1-11-9-25-15-16(22-18(25)24(11)6-7-29-3)23(2)19(28)26(17(15)27)10-12-4-5-13(20)8-14(12)21/h4-5,8-9,15-16H,6-7,10H2,1-3H3. The Hall–Kier alpha value is -2.29. The zero-order chi connectivity index (χ0) is 20.9. The SMILES string of the molecule is COCCN1C(C)=CN2C1=NC1C2C(=O)N(Cc2ccc(Cl)cc2Cl)C(=O)N1C. The molecule has 0 bridgehead atoms. The molecule has 3 amide bonds. The van der Waals surface area contributed by atoms with Crippen LogP contribution in [-0.4, -0.2) is 77.0 Å². The largest absolute Gasteiger partial charge is 0.383 e. The van der Waals surface area contributed by atoms with Crippen molar-refractivity contribution >= 4 is 41.1 Å². The summed E-state index contributed by atoms with van der Waals surface area (Å²) in [5.41, 5.74) is 1.62. The number of carbonyl (C=O) groups is 2. The zero-order valence-corrected chi connectivity index (χ0v) is 17.8. The molecule has 1 saturated heterocycles. The van der Waals surface area contributed by atoms with Gasteiger partial charge in [-0.1, -0.05) is 29.3 Å². The normalized spacial score (nSPS) is 23.5. The second-order valence-corrected chi connectivity index (χ2v) is 8.01. The van der Waals surface area contributed by atoms with Crippen LogP contribution in [0, 0.1) is 0 Å². The molecular formula is C19H21Cl2N5O3. The fourth-order valence-electron chi connectivity index (χ4n) is 3.83. The van der Waals surface area contributed by atoms with Gasteiger partial charge in [-0.3, -0.25) is 9.69 Å². The Kier molecular flexibility index (Phi) is 5.18. The molecule has 3 aliphatic rings. The van der Waals surface area contributed by atoms with Crippen molar-refractivity contribution in [2.24, 2.45) is 4.99 Å². The van der Waals surface area contributed by atoms with Crippen molar-refractivity contribution in [1.82, 2.24) is 19.6 Å². The van der Waals surface area contributed by atoms with Gasteiger partial charge in [-0.2, -0.15) is 0 Å². The summed E-state index contributed by atoms with van der Waals surface area (Å²) in [5, 5.41) is 0.906. The van der Waals surface area contributed by atoms with E-state index in [4.69, 9.17) is 27.9 Å². The lowest BCUT2D eigenvalue weighted by Gasteiger charge is -2.40. The molecule has 0 aromatic heterocycles. The molecule has 1 fully saturated rings. The first-order valence-electron chi connectivity index (χ1n) is 9.16. The quantitative estimate of drug-likeness (QED) is 0.707. The number of ether oxygens (including phenoxy) is 1. The minimum absolute atomic E-state index is 0.0699. The summed E-state index contributed by atoms with van der Waals surface area (Å²) in [6, 6.07) is 3.99. The number of methoxy groups -OCH3 is 1. The highest BCUT2D eigenvalue weighted by Gasteiger charge is 2.54. The van der Waals surface area contributed by atoms with Gasteiger partial charge in [0, 0.05) is 42.6 Å². The van der Waals surface area contributed by atoms with Crippen molar-refractivity contribution in [3.05, 3.63) is 45.7 Å². The molecule has 0 spiro atoms. The second-order valence-electron chi connectivity index (χ2n) is 7.16. The Morgan fingerprint density at radius 1 is 1.21 bits per heavy atom. The van der Waals surface area contributed by atoms with Crippen LogP contribution in [0.4, 0.5) is 4.79 Å². The molecule has 0 N–H and O–H groups in total. The number of benzene rings is 1. The summed E-state index contributed by atoms with van der Waals surface area (Å²) in [5.74, 6) is 0.356. The van der Waals surface area contributed by atoms with E-state index in [-0.39, 0.29) is 12.5 Å². The van der Waals surface area contributed by atoms with Gasteiger partial charge in [-0.25, -0.2) is 9.79 Å². The highest BCUT2D eigenvalue weighted by Crippen LogP contribution is 2.34. The van der Waals surface area contributed by atoms with Crippen LogP contribution in [0.1, 0.15) is 12.5 Å². The van der Waals surface area contributed by atoms with Gasteiger partial charge in [0.05, 0.1) is 13.2 Å². The molecular weight excluding hydrogens is 417 g/mol. The highest BCUT2D eigenvalue weighted by atomic mass is 35.5. The van der Waals surface area contributed by atoms with E-state index in [0.29, 0.717) is 34.7 Å². The number of imide groups is 1. The number of fused-ring (bicyclic) bond motifs is 3. The number of urea groups is 1. The summed E-state index contributed by atoms with van der Waals surface area (Å²) in [6.45, 7) is 3.17. The summed E-state index contributed by atoms with van der Waals surface area (Å²) in [4.78, 5) is 37.5. The van der Waals surface area contributed by atoms with Crippen molar-refractivity contribution in [1.29, 1.82) is 0 Å². The van der Waals surface area contributed by atoms with E-state index in [1.54, 1.807) is 32.4 Å². The summed E-state index contributed by atoms with van der Waals surface area (Å²) >= 11 is 12.2. The minimum atomic E-state index is -0.610. The highest BCUT2D eigenvalue weighted by molar-refractivity contribution is 6.35. The summed E-state index contributed by atoms with van der Waals surface area (Å²) in [7, 11) is 3.30. The van der Waals surface area contributed by atoms with Crippen molar-refractivity contribution < 1.29 is 14.3 Å². The maximum absolute atomic E-state index is 13.3. The van der Waals surface area contributed by atoms with Gasteiger partial charge in [0.15, 0.2) is 12.2 Å². The number of rotatable bonds is 5. The Morgan fingerprint density at radius 2 is 1.97 bits per heavy atom. The average Bonchev–Trinajstić information content (AvgIpc) is 3.18. The molecule has 3 aliphatic heterocycles. The molecule has 2 unspecified atom stereocenters. The number of hydrogen-bond acceptors (Lipinski definition) is 6. The fourth-order valence-corrected chi connectivity index (χ4v) is 4.29. The molecule has 10 heteroatoms. The Morgan fingerprint density at radius 3 is 2.66 bits per heavy atom. The number of amides is 3. The molecule has 8 nitrogen and oxygen atoms in total. The van der Waals surface area contributed by atoms with Crippen LogP contribution in [0.3, 0.4) is 0 Å². The molecule has 0 aliphatic carbocycles. The van der Waals surface area contributed by atoms with E-state index in [1.165, 1.54) is 9.80 Å². The molecule has 3 heterocycles. The van der Waals surface area contributed by atoms with Gasteiger partial charge < -0.3 is 19.4 Å². The van der Waals surface area contributed by atoms with E-state index in [0.717, 1.165) is 5.70 Å². The lowest BCUT2D eigenvalue weighted by atomic mass is 10.1. The number of aliphatic imine (C=N–C) groups is 1. The van der Waals surface area contributed by atoms with Gasteiger partial charge >= 0.3 is 6.03 Å². The number of carbonyl (C=O) groups excluding carboxylic acids is 2. The van der Waals surface area contributed by atoms with Crippen molar-refractivity contribution in [3.63, 3.8) is 0 Å². The van der Waals surface area contributed by atoms with Crippen LogP contribution in [0.25, 0.3) is 0 Å². The first-order chi connectivity index (χ1) is 13.8. The van der Waals surface area contributed by atoms with Gasteiger partial charge in [-0.05, 0) is 24.6 Å². The summed E-state index contributed by atoms with van der Waals surface area (Å²) in [6.07, 6.45) is 1.32. The van der Waals surface area contributed by atoms with E-state index in [2.05, 4.69) is 4.99 Å². The molecule has 2 atom stereocenters. The number of nitrogens with zero attached hydrogens (tertiary/aromatic N) is 5. The van der Waals surface area contributed by atoms with Gasteiger partial charge in [0.2, 0.25) is 5.96 Å². The van der Waals surface area contributed by atoms with E-state index in [1.807, 2.05) is 22.9 Å². The molecule has 0 radical (unpaired) electrons. The molecule has 1 aromatic rings. The van der Waals surface area contributed by atoms with Crippen LogP contribution in [0.2, 0.25) is 10.0 Å². The third-order valence-corrected chi connectivity index (χ3v) is 5.95. The molecule has 4 rings (SSSR count). The van der Waals surface area contributed by atoms with Crippen LogP contribution >= 0.6 is 23.2 Å². The van der Waals surface area contributed by atoms with Crippen LogP contribution < -0.4 is 0 Å². The van der Waals surface area contributed by atoms with E-state index < -0.39 is 18.2 Å². The van der Waals surface area contributed by atoms with Crippen molar-refractivity contribution in [2.45, 2.75) is 25.7 Å². The fraction of sp³-hybridized carbons (Fsp3) is 0.421. The van der Waals surface area contributed by atoms with Crippen molar-refractivity contribution in [2.75, 3.05) is 27.3 Å². The number of allylic oxidation sites excluding steroid dienone is 1. The Labute approximate surface area is 178 Å². The third-order valence-electron chi connectivity index (χ3n) is 5.36. The lowest BCUT2D eigenvalue weighted by Crippen LogP contribution is -2.63. The maximum atomic E-state index is 13.3.